The number of phenols is 1. The largest absolute Gasteiger partial charge is 0.508 e. The number of carboxylic acid groups (broad SMARTS) is 1. The Morgan fingerprint density at radius 3 is 1.43 bits per heavy atom. The number of carbonyl (C=O) groups is 10. The summed E-state index contributed by atoms with van der Waals surface area (Å²) in [6.45, 7) is 0.234. The number of carbonyl (C=O) groups excluding carboxylic acids is 9. The second-order valence-corrected chi connectivity index (χ2v) is 18.3. The van der Waals surface area contributed by atoms with Crippen LogP contribution >= 0.6 is 25.3 Å². The third-order valence-electron chi connectivity index (χ3n) is 11.9. The Labute approximate surface area is 436 Å². The number of amides is 9. The quantitative estimate of drug-likeness (QED) is 0.0433. The van der Waals surface area contributed by atoms with Crippen LogP contribution in [0.25, 0.3) is 10.9 Å². The van der Waals surface area contributed by atoms with E-state index in [4.69, 9.17) is 11.5 Å². The summed E-state index contributed by atoms with van der Waals surface area (Å²) < 4.78 is 0. The van der Waals surface area contributed by atoms with E-state index < -0.39 is 132 Å². The molecule has 0 saturated carbocycles. The molecule has 1 aliphatic rings. The van der Waals surface area contributed by atoms with Gasteiger partial charge in [-0.2, -0.15) is 25.3 Å². The van der Waals surface area contributed by atoms with E-state index in [1.165, 1.54) is 24.3 Å². The standard InChI is InChI=1S/C49H61N11O12S2/c50-17-7-6-12-32-42(65)54-34(19-27-13-15-29(61)16-14-27)44(67)59-39(25-74)49(72)57-36(21-40(51)62)46(69)58-37(22-41(63)64)47(70)60-38(24-73)48(71)55-33(18-26-8-2-1-3-9-26)43(66)56-35(45(68)53-32)20-28-23-52-31-11-5-4-10-30(28)31/h1-5,8-11,13-16,23,32-39,52,61,73-74H,6-7,12,17-22,24-25,50H2,(H2,51,62)(H,53,68)(H,54,65)(H,55,71)(H,56,66)(H,57,72)(H,58,69)(H,59,67)(H,60,70)(H,63,64)/t32-,33-,34-,35-,36-,37-,38-,39-/m0/s1. The van der Waals surface area contributed by atoms with Gasteiger partial charge >= 0.3 is 5.97 Å². The molecule has 2 heterocycles. The molecule has 1 fully saturated rings. The summed E-state index contributed by atoms with van der Waals surface area (Å²) in [6.07, 6.45) is -0.0683. The average molecular weight is 1060 g/mol. The van der Waals surface area contributed by atoms with Gasteiger partial charge in [-0.05, 0) is 60.7 Å². The number of nitrogens with two attached hydrogens (primary N) is 2. The monoisotopic (exact) mass is 1060 g/mol. The van der Waals surface area contributed by atoms with Crippen LogP contribution in [-0.4, -0.2) is 141 Å². The SMILES string of the molecule is NCCCC[C@@H]1NC(=O)[C@H](Cc2c[nH]c3ccccc23)NC(=O)[C@H](Cc2ccccc2)NC(=O)[C@H](CS)NC(=O)[C@H](CC(=O)O)NC(=O)[C@H](CC(N)=O)NC(=O)[C@H](CS)NC(=O)[C@H](Cc2ccc(O)cc2)NC1=O. The van der Waals surface area contributed by atoms with Gasteiger partial charge in [0, 0.05) is 47.9 Å². The molecule has 0 radical (unpaired) electrons. The smallest absolute Gasteiger partial charge is 0.305 e. The number of aliphatic carboxylic acids is 1. The van der Waals surface area contributed by atoms with Crippen LogP contribution in [0.3, 0.4) is 0 Å². The lowest BCUT2D eigenvalue weighted by molar-refractivity contribution is -0.142. The molecule has 4 aromatic rings. The molecular weight excluding hydrogens is 999 g/mol. The molecule has 0 bridgehead atoms. The van der Waals surface area contributed by atoms with Gasteiger partial charge in [-0.25, -0.2) is 0 Å². The first-order valence-electron chi connectivity index (χ1n) is 23.6. The Balaban J connectivity index is 1.62. The van der Waals surface area contributed by atoms with Crippen molar-refractivity contribution in [3.63, 3.8) is 0 Å². The maximum absolute atomic E-state index is 14.8. The second-order valence-electron chi connectivity index (χ2n) is 17.5. The maximum atomic E-state index is 14.8. The zero-order chi connectivity index (χ0) is 53.9. The molecule has 1 aromatic heterocycles. The minimum absolute atomic E-state index is 0.00208. The summed E-state index contributed by atoms with van der Waals surface area (Å²) in [5, 5.41) is 40.6. The van der Waals surface area contributed by atoms with Gasteiger partial charge in [-0.3, -0.25) is 47.9 Å². The molecule has 0 aliphatic carbocycles. The van der Waals surface area contributed by atoms with Crippen molar-refractivity contribution in [2.45, 2.75) is 99.7 Å². The van der Waals surface area contributed by atoms with Crippen LogP contribution in [0.1, 0.15) is 48.8 Å². The highest BCUT2D eigenvalue weighted by atomic mass is 32.1. The number of H-pyrrole nitrogens is 1. The van der Waals surface area contributed by atoms with E-state index in [0.29, 0.717) is 29.5 Å². The number of fused-ring (bicyclic) bond motifs is 1. The van der Waals surface area contributed by atoms with E-state index in [9.17, 15) is 58.2 Å². The third kappa shape index (κ3) is 17.0. The van der Waals surface area contributed by atoms with E-state index >= 15 is 0 Å². The van der Waals surface area contributed by atoms with Crippen molar-refractivity contribution in [1.82, 2.24) is 47.5 Å². The molecule has 1 saturated heterocycles. The van der Waals surface area contributed by atoms with Crippen LogP contribution in [0.4, 0.5) is 0 Å². The van der Waals surface area contributed by atoms with Crippen LogP contribution in [-0.2, 0) is 67.2 Å². The second kappa shape index (κ2) is 28.0. The fourth-order valence-electron chi connectivity index (χ4n) is 7.99. The topological polar surface area (TPSA) is 375 Å². The summed E-state index contributed by atoms with van der Waals surface area (Å²) in [7, 11) is 0. The molecule has 3 aromatic carbocycles. The van der Waals surface area contributed by atoms with Crippen LogP contribution < -0.4 is 54.0 Å². The van der Waals surface area contributed by atoms with E-state index in [2.05, 4.69) is 72.8 Å². The van der Waals surface area contributed by atoms with Crippen molar-refractivity contribution in [3.8, 4) is 5.75 Å². The van der Waals surface area contributed by atoms with E-state index in [1.54, 1.807) is 54.7 Å². The molecule has 9 amide bonds. The van der Waals surface area contributed by atoms with E-state index in [-0.39, 0.29) is 38.0 Å². The summed E-state index contributed by atoms with van der Waals surface area (Å²) in [4.78, 5) is 141. The minimum Gasteiger partial charge on any atom is -0.508 e. The van der Waals surface area contributed by atoms with Crippen LogP contribution in [0.15, 0.2) is 85.1 Å². The number of aromatic amines is 1. The third-order valence-corrected chi connectivity index (χ3v) is 12.6. The van der Waals surface area contributed by atoms with Gasteiger partial charge in [0.15, 0.2) is 0 Å². The molecular formula is C49H61N11O12S2. The number of rotatable bonds is 16. The lowest BCUT2D eigenvalue weighted by Crippen LogP contribution is -2.62. The van der Waals surface area contributed by atoms with Crippen molar-refractivity contribution < 1.29 is 58.2 Å². The lowest BCUT2D eigenvalue weighted by Gasteiger charge is -2.28. The Morgan fingerprint density at radius 1 is 0.500 bits per heavy atom. The number of para-hydroxylation sites is 1. The Bertz CT molecular complexity index is 2660. The molecule has 396 valence electrons. The van der Waals surface area contributed by atoms with Gasteiger partial charge < -0.3 is 69.2 Å². The normalized spacial score (nSPS) is 23.1. The molecule has 23 nitrogen and oxygen atoms in total. The molecule has 15 N–H and O–H groups in total. The number of hydrogen-bond acceptors (Lipinski definition) is 14. The Kier molecular flexibility index (Phi) is 21.7. The highest BCUT2D eigenvalue weighted by molar-refractivity contribution is 7.80. The number of aromatic nitrogens is 1. The fraction of sp³-hybridized carbons (Fsp3) is 0.388. The van der Waals surface area contributed by atoms with Gasteiger partial charge in [0.05, 0.1) is 12.8 Å². The van der Waals surface area contributed by atoms with Crippen LogP contribution in [0.5, 0.6) is 5.75 Å². The summed E-state index contributed by atoms with van der Waals surface area (Å²) in [5.41, 5.74) is 13.5. The number of nitrogens with one attached hydrogen (secondary N) is 9. The minimum atomic E-state index is -1.94. The molecule has 25 heteroatoms. The van der Waals surface area contributed by atoms with Gasteiger partial charge in [-0.15, -0.1) is 0 Å². The fourth-order valence-corrected chi connectivity index (χ4v) is 8.50. The number of thiol groups is 2. The first kappa shape index (κ1) is 57.3. The van der Waals surface area contributed by atoms with Gasteiger partial charge in [0.2, 0.25) is 53.2 Å². The first-order chi connectivity index (χ1) is 35.4. The van der Waals surface area contributed by atoms with Gasteiger partial charge in [0.25, 0.3) is 0 Å². The summed E-state index contributed by atoms with van der Waals surface area (Å²) in [5.74, 6) is -11.7. The summed E-state index contributed by atoms with van der Waals surface area (Å²) in [6, 6.07) is 8.67. The highest BCUT2D eigenvalue weighted by Crippen LogP contribution is 2.20. The van der Waals surface area contributed by atoms with Crippen LogP contribution in [0, 0.1) is 0 Å². The number of unbranched alkanes of at least 4 members (excludes halogenated alkanes) is 1. The zero-order valence-electron chi connectivity index (χ0n) is 40.0. The predicted octanol–water partition coefficient (Wildman–Crippen LogP) is -1.87. The first-order valence-corrected chi connectivity index (χ1v) is 24.9. The number of phenolic OH excluding ortho intramolecular Hbond substituents is 1. The van der Waals surface area contributed by atoms with Crippen molar-refractivity contribution in [1.29, 1.82) is 0 Å². The number of aromatic hydroxyl groups is 1. The maximum Gasteiger partial charge on any atom is 0.305 e. The zero-order valence-corrected chi connectivity index (χ0v) is 41.8. The molecule has 1 aliphatic heterocycles. The van der Waals surface area contributed by atoms with E-state index in [0.717, 1.165) is 10.9 Å². The number of benzene rings is 3. The van der Waals surface area contributed by atoms with E-state index in [1.807, 2.05) is 6.07 Å². The lowest BCUT2D eigenvalue weighted by atomic mass is 10.0. The molecule has 74 heavy (non-hydrogen) atoms. The Hall–Kier alpha value is -7.64. The number of primary amides is 1. The van der Waals surface area contributed by atoms with Crippen molar-refractivity contribution >= 4 is 95.3 Å². The number of carboxylic acids is 1. The highest BCUT2D eigenvalue weighted by Gasteiger charge is 2.37. The summed E-state index contributed by atoms with van der Waals surface area (Å²) >= 11 is 8.45. The van der Waals surface area contributed by atoms with Crippen LogP contribution in [0.2, 0.25) is 0 Å². The number of hydrogen-bond donors (Lipinski definition) is 15. The molecule has 8 atom stereocenters. The molecule has 0 unspecified atom stereocenters. The molecule has 0 spiro atoms. The van der Waals surface area contributed by atoms with Crippen molar-refractivity contribution in [2.75, 3.05) is 18.1 Å². The average Bonchev–Trinajstić information content (AvgIpc) is 3.78. The van der Waals surface area contributed by atoms with Crippen molar-refractivity contribution in [2.24, 2.45) is 11.5 Å². The van der Waals surface area contributed by atoms with Gasteiger partial charge in [-0.1, -0.05) is 60.7 Å². The predicted molar refractivity (Wildman–Crippen MR) is 276 cm³/mol. The Morgan fingerprint density at radius 2 is 0.919 bits per heavy atom. The van der Waals surface area contributed by atoms with Crippen molar-refractivity contribution in [3.05, 3.63) is 102 Å². The molecule has 5 rings (SSSR count). The van der Waals surface area contributed by atoms with Gasteiger partial charge in [0.1, 0.15) is 54.1 Å².